The number of anilines is 1. The Morgan fingerprint density at radius 1 is 1.26 bits per heavy atom. The normalized spacial score (nSPS) is 26.1. The lowest BCUT2D eigenvalue weighted by Gasteiger charge is -2.23. The number of hydrogen-bond donors (Lipinski definition) is 1. The average molecular weight is 437 g/mol. The maximum Gasteiger partial charge on any atom is 0.414 e. The van der Waals surface area contributed by atoms with E-state index in [9.17, 15) is 19.5 Å². The molecule has 5 rings (SSSR count). The number of ether oxygens (including phenoxy) is 1. The Kier molecular flexibility index (Phi) is 4.44. The number of benzene rings is 1. The van der Waals surface area contributed by atoms with Crippen molar-refractivity contribution >= 4 is 34.4 Å². The Labute approximate surface area is 182 Å². The molecule has 2 aliphatic heterocycles. The van der Waals surface area contributed by atoms with Gasteiger partial charge in [0, 0.05) is 23.1 Å². The van der Waals surface area contributed by atoms with E-state index in [1.807, 2.05) is 24.3 Å². The summed E-state index contributed by atoms with van der Waals surface area (Å²) in [6, 6.07) is 7.00. The minimum atomic E-state index is -1.28. The van der Waals surface area contributed by atoms with Crippen LogP contribution in [0.5, 0.6) is 0 Å². The third-order valence-electron chi connectivity index (χ3n) is 6.23. The molecule has 0 spiro atoms. The molecular weight excluding hydrogens is 418 g/mol. The van der Waals surface area contributed by atoms with Gasteiger partial charge in [-0.3, -0.25) is 9.59 Å². The number of carboxylic acid groups (broad SMARTS) is 1. The lowest BCUT2D eigenvalue weighted by Crippen LogP contribution is -2.36. The van der Waals surface area contributed by atoms with E-state index in [0.717, 1.165) is 21.6 Å². The quantitative estimate of drug-likeness (QED) is 0.583. The Hall–Kier alpha value is -3.46. The van der Waals surface area contributed by atoms with Crippen LogP contribution in [0.4, 0.5) is 9.93 Å². The van der Waals surface area contributed by atoms with Gasteiger partial charge in [0.05, 0.1) is 17.9 Å². The second-order valence-electron chi connectivity index (χ2n) is 7.77. The van der Waals surface area contributed by atoms with E-state index in [1.165, 1.54) is 22.5 Å². The molecule has 1 aromatic heterocycles. The van der Waals surface area contributed by atoms with E-state index < -0.39 is 24.3 Å². The summed E-state index contributed by atoms with van der Waals surface area (Å²) < 4.78 is 5.99. The Balaban J connectivity index is 1.50. The standard InChI is InChI=1S/C22H19N3O5S/c1-11-12(2)20(25(18(11)26)21-23-7-8-31-21)30-10-16-15-9-13-5-3-4-6-14(13)17(15)24(19(16)27)22(28)29/h3-8,10,15,17,20H,9H2,1-2H3,(H,28,29)/b16-10+. The van der Waals surface area contributed by atoms with Crippen molar-refractivity contribution < 1.29 is 24.2 Å². The van der Waals surface area contributed by atoms with Crippen LogP contribution in [0.1, 0.15) is 31.0 Å². The van der Waals surface area contributed by atoms with Crippen molar-refractivity contribution in [3.63, 3.8) is 0 Å². The SMILES string of the molecule is CC1=C(C)C(O/C=C2/C(=O)N(C(=O)O)C3c4ccccc4CC23)N(c2nccs2)C1=O. The number of amides is 3. The third-order valence-corrected chi connectivity index (χ3v) is 7.00. The molecule has 1 fully saturated rings. The molecule has 3 heterocycles. The number of thiazole rings is 1. The van der Waals surface area contributed by atoms with Gasteiger partial charge in [-0.25, -0.2) is 19.6 Å². The highest BCUT2D eigenvalue weighted by Gasteiger charge is 2.52. The first-order valence-electron chi connectivity index (χ1n) is 9.80. The first kappa shape index (κ1) is 19.5. The first-order valence-corrected chi connectivity index (χ1v) is 10.7. The van der Waals surface area contributed by atoms with Crippen molar-refractivity contribution in [1.82, 2.24) is 9.88 Å². The summed E-state index contributed by atoms with van der Waals surface area (Å²) in [5.74, 6) is -1.11. The topological polar surface area (TPSA) is 100 Å². The molecule has 158 valence electrons. The van der Waals surface area contributed by atoms with Crippen molar-refractivity contribution in [2.75, 3.05) is 4.90 Å². The molecule has 0 radical (unpaired) electrons. The molecule has 1 saturated heterocycles. The van der Waals surface area contributed by atoms with Crippen molar-refractivity contribution in [2.24, 2.45) is 5.92 Å². The van der Waals surface area contributed by atoms with Crippen LogP contribution < -0.4 is 4.90 Å². The number of rotatable bonds is 3. The minimum absolute atomic E-state index is 0.202. The maximum atomic E-state index is 13.0. The third kappa shape index (κ3) is 2.80. The van der Waals surface area contributed by atoms with Crippen molar-refractivity contribution in [1.29, 1.82) is 0 Å². The van der Waals surface area contributed by atoms with Gasteiger partial charge in [-0.05, 0) is 37.0 Å². The second-order valence-corrected chi connectivity index (χ2v) is 8.64. The van der Waals surface area contributed by atoms with Crippen molar-refractivity contribution in [3.8, 4) is 0 Å². The van der Waals surface area contributed by atoms with E-state index in [0.29, 0.717) is 22.7 Å². The van der Waals surface area contributed by atoms with Gasteiger partial charge in [-0.1, -0.05) is 24.3 Å². The molecule has 31 heavy (non-hydrogen) atoms. The van der Waals surface area contributed by atoms with Crippen LogP contribution in [0.25, 0.3) is 0 Å². The molecule has 0 bridgehead atoms. The molecule has 8 nitrogen and oxygen atoms in total. The van der Waals surface area contributed by atoms with E-state index in [4.69, 9.17) is 4.74 Å². The summed E-state index contributed by atoms with van der Waals surface area (Å²) >= 11 is 1.32. The predicted octanol–water partition coefficient (Wildman–Crippen LogP) is 3.49. The van der Waals surface area contributed by atoms with Crippen molar-refractivity contribution in [3.05, 3.63) is 70.0 Å². The fraction of sp³-hybridized carbons (Fsp3) is 0.273. The zero-order valence-corrected chi connectivity index (χ0v) is 17.6. The van der Waals surface area contributed by atoms with Crippen LogP contribution in [0, 0.1) is 5.92 Å². The molecule has 3 unspecified atom stereocenters. The molecule has 3 atom stereocenters. The Bertz CT molecular complexity index is 1170. The number of aromatic nitrogens is 1. The van der Waals surface area contributed by atoms with Gasteiger partial charge in [-0.2, -0.15) is 0 Å². The summed E-state index contributed by atoms with van der Waals surface area (Å²) in [6.45, 7) is 3.53. The van der Waals surface area contributed by atoms with Gasteiger partial charge in [0.25, 0.3) is 11.8 Å². The van der Waals surface area contributed by atoms with Crippen LogP contribution in [-0.2, 0) is 20.7 Å². The van der Waals surface area contributed by atoms with Gasteiger partial charge in [0.2, 0.25) is 6.23 Å². The van der Waals surface area contributed by atoms with Crippen LogP contribution >= 0.6 is 11.3 Å². The summed E-state index contributed by atoms with van der Waals surface area (Å²) in [4.78, 5) is 44.2. The number of likely N-dealkylation sites (tertiary alicyclic amines) is 1. The van der Waals surface area contributed by atoms with Crippen molar-refractivity contribution in [2.45, 2.75) is 32.5 Å². The molecular formula is C22H19N3O5S. The zero-order chi connectivity index (χ0) is 21.9. The Morgan fingerprint density at radius 2 is 2.03 bits per heavy atom. The molecule has 0 saturated carbocycles. The highest BCUT2D eigenvalue weighted by molar-refractivity contribution is 7.13. The molecule has 1 aliphatic carbocycles. The van der Waals surface area contributed by atoms with Crippen LogP contribution in [0.3, 0.4) is 0 Å². The fourth-order valence-electron chi connectivity index (χ4n) is 4.60. The van der Waals surface area contributed by atoms with Crippen LogP contribution in [0.2, 0.25) is 0 Å². The summed E-state index contributed by atoms with van der Waals surface area (Å²) in [5.41, 5.74) is 3.46. The molecule has 1 aromatic carbocycles. The lowest BCUT2D eigenvalue weighted by molar-refractivity contribution is -0.124. The molecule has 1 N–H and O–H groups in total. The summed E-state index contributed by atoms with van der Waals surface area (Å²) in [7, 11) is 0. The summed E-state index contributed by atoms with van der Waals surface area (Å²) in [6.07, 6.45) is 1.49. The van der Waals surface area contributed by atoms with Gasteiger partial charge in [0.1, 0.15) is 0 Å². The number of carbonyl (C=O) groups is 3. The summed E-state index contributed by atoms with van der Waals surface area (Å²) in [5, 5.41) is 12.0. The molecule has 3 amide bonds. The largest absolute Gasteiger partial charge is 0.473 e. The van der Waals surface area contributed by atoms with E-state index >= 15 is 0 Å². The second kappa shape index (κ2) is 7.05. The van der Waals surface area contributed by atoms with Gasteiger partial charge >= 0.3 is 6.09 Å². The predicted molar refractivity (Wildman–Crippen MR) is 112 cm³/mol. The maximum absolute atomic E-state index is 13.0. The Morgan fingerprint density at radius 3 is 2.74 bits per heavy atom. The molecule has 2 aromatic rings. The van der Waals surface area contributed by atoms with E-state index in [2.05, 4.69) is 4.98 Å². The highest BCUT2D eigenvalue weighted by atomic mass is 32.1. The fourth-order valence-corrected chi connectivity index (χ4v) is 5.26. The monoisotopic (exact) mass is 437 g/mol. The molecule has 3 aliphatic rings. The number of hydrogen-bond acceptors (Lipinski definition) is 6. The van der Waals surface area contributed by atoms with E-state index in [1.54, 1.807) is 25.4 Å². The van der Waals surface area contributed by atoms with Gasteiger partial charge < -0.3 is 9.84 Å². The van der Waals surface area contributed by atoms with E-state index in [-0.39, 0.29) is 11.8 Å². The smallest absolute Gasteiger partial charge is 0.414 e. The number of nitrogens with zero attached hydrogens (tertiary/aromatic N) is 3. The highest BCUT2D eigenvalue weighted by Crippen LogP contribution is 2.49. The number of carbonyl (C=O) groups excluding carboxylic acids is 2. The van der Waals surface area contributed by atoms with Crippen LogP contribution in [0.15, 0.2) is 58.8 Å². The zero-order valence-electron chi connectivity index (χ0n) is 16.8. The average Bonchev–Trinajstić information content (AvgIpc) is 3.48. The first-order chi connectivity index (χ1) is 14.9. The van der Waals surface area contributed by atoms with Gasteiger partial charge in [-0.15, -0.1) is 11.3 Å². The number of imide groups is 1. The van der Waals surface area contributed by atoms with Gasteiger partial charge in [0.15, 0.2) is 5.13 Å². The number of fused-ring (bicyclic) bond motifs is 3. The minimum Gasteiger partial charge on any atom is -0.473 e. The molecule has 9 heteroatoms. The van der Waals surface area contributed by atoms with Crippen LogP contribution in [-0.4, -0.2) is 39.1 Å². The lowest BCUT2D eigenvalue weighted by atomic mass is 9.97.